The first kappa shape index (κ1) is 19.1. The molecule has 1 amide bonds. The molecular weight excluding hydrogens is 383 g/mol. The van der Waals surface area contributed by atoms with Gasteiger partial charge in [-0.3, -0.25) is 4.79 Å². The predicted molar refractivity (Wildman–Crippen MR) is 96.2 cm³/mol. The maximum Gasteiger partial charge on any atom is 0.416 e. The molecule has 1 aliphatic rings. The van der Waals surface area contributed by atoms with E-state index in [1.54, 1.807) is 12.1 Å². The number of anilines is 1. The van der Waals surface area contributed by atoms with E-state index in [-0.39, 0.29) is 5.69 Å². The van der Waals surface area contributed by atoms with Gasteiger partial charge in [0.2, 0.25) is 5.91 Å². The van der Waals surface area contributed by atoms with Crippen LogP contribution in [0.25, 0.3) is 6.08 Å². The van der Waals surface area contributed by atoms with Gasteiger partial charge in [-0.25, -0.2) is 0 Å². The maximum absolute atomic E-state index is 12.7. The number of benzene rings is 2. The lowest BCUT2D eigenvalue weighted by Crippen LogP contribution is -2.10. The number of nitrogens with one attached hydrogen (secondary N) is 1. The Balaban J connectivity index is 1.72. The molecule has 0 atom stereocenters. The highest BCUT2D eigenvalue weighted by Gasteiger charge is 2.30. The van der Waals surface area contributed by atoms with Crippen LogP contribution in [0, 0.1) is 0 Å². The molecule has 2 aromatic carbocycles. The van der Waals surface area contributed by atoms with Crippen LogP contribution in [0.2, 0.25) is 5.02 Å². The highest BCUT2D eigenvalue weighted by Crippen LogP contribution is 2.38. The summed E-state index contributed by atoms with van der Waals surface area (Å²) in [5.74, 6) is 0.371. The first-order valence-corrected chi connectivity index (χ1v) is 8.46. The van der Waals surface area contributed by atoms with Crippen LogP contribution in [0.5, 0.6) is 11.5 Å². The normalized spacial score (nSPS) is 14.1. The van der Waals surface area contributed by atoms with E-state index in [4.69, 9.17) is 21.1 Å². The number of amides is 1. The Hall–Kier alpha value is -2.67. The van der Waals surface area contributed by atoms with Crippen molar-refractivity contribution in [1.82, 2.24) is 0 Å². The molecule has 0 bridgehead atoms. The van der Waals surface area contributed by atoms with Gasteiger partial charge in [0.25, 0.3) is 0 Å². The molecule has 3 rings (SSSR count). The van der Waals surface area contributed by atoms with Crippen molar-refractivity contribution in [3.05, 3.63) is 58.6 Å². The summed E-state index contributed by atoms with van der Waals surface area (Å²) in [7, 11) is 0. The number of ether oxygens (including phenoxy) is 2. The standard InChI is InChI=1S/C19H15ClF3NO3/c20-15-9-12(10-16-18(15)27-8-2-7-26-16)5-6-17(25)24-14-4-1-3-13(11-14)19(21,22)23/h1,3-6,9-11H,2,7-8H2,(H,24,25)/b6-5+. The van der Waals surface area contributed by atoms with E-state index >= 15 is 0 Å². The SMILES string of the molecule is O=C(/C=C/c1cc(Cl)c2c(c1)OCCCO2)Nc1cccc(C(F)(F)F)c1. The van der Waals surface area contributed by atoms with Gasteiger partial charge >= 0.3 is 6.18 Å². The van der Waals surface area contributed by atoms with Crippen LogP contribution in [-0.2, 0) is 11.0 Å². The molecule has 0 aromatic heterocycles. The number of hydrogen-bond acceptors (Lipinski definition) is 3. The van der Waals surface area contributed by atoms with Gasteiger partial charge in [-0.05, 0) is 42.0 Å². The van der Waals surface area contributed by atoms with Gasteiger partial charge < -0.3 is 14.8 Å². The average molecular weight is 398 g/mol. The summed E-state index contributed by atoms with van der Waals surface area (Å²) >= 11 is 6.18. The Morgan fingerprint density at radius 2 is 1.93 bits per heavy atom. The molecule has 0 radical (unpaired) electrons. The summed E-state index contributed by atoms with van der Waals surface area (Å²) in [5.41, 5.74) is -0.182. The first-order valence-electron chi connectivity index (χ1n) is 8.08. The van der Waals surface area contributed by atoms with E-state index in [2.05, 4.69) is 5.32 Å². The number of carbonyl (C=O) groups excluding carboxylic acids is 1. The second-order valence-electron chi connectivity index (χ2n) is 5.78. The van der Waals surface area contributed by atoms with Crippen LogP contribution in [0.4, 0.5) is 18.9 Å². The van der Waals surface area contributed by atoms with Crippen molar-refractivity contribution >= 4 is 29.3 Å². The van der Waals surface area contributed by atoms with E-state index < -0.39 is 17.6 Å². The Labute approximate surface area is 158 Å². The van der Waals surface area contributed by atoms with Gasteiger partial charge in [-0.2, -0.15) is 13.2 Å². The third kappa shape index (κ3) is 4.95. The maximum atomic E-state index is 12.7. The minimum absolute atomic E-state index is 0.0520. The number of alkyl halides is 3. The predicted octanol–water partition coefficient (Wildman–Crippen LogP) is 5.17. The zero-order valence-electron chi connectivity index (χ0n) is 14.0. The zero-order valence-corrected chi connectivity index (χ0v) is 14.7. The molecule has 0 aliphatic carbocycles. The first-order chi connectivity index (χ1) is 12.8. The highest BCUT2D eigenvalue weighted by atomic mass is 35.5. The van der Waals surface area contributed by atoms with Crippen molar-refractivity contribution in [3.63, 3.8) is 0 Å². The van der Waals surface area contributed by atoms with E-state index in [1.807, 2.05) is 0 Å². The van der Waals surface area contributed by atoms with Gasteiger partial charge in [0.15, 0.2) is 11.5 Å². The Morgan fingerprint density at radius 1 is 1.15 bits per heavy atom. The summed E-state index contributed by atoms with van der Waals surface area (Å²) in [4.78, 5) is 12.0. The molecule has 1 heterocycles. The molecule has 0 unspecified atom stereocenters. The summed E-state index contributed by atoms with van der Waals surface area (Å²) in [6.07, 6.45) is -1.05. The fraction of sp³-hybridized carbons (Fsp3) is 0.211. The van der Waals surface area contributed by atoms with Crippen molar-refractivity contribution < 1.29 is 27.4 Å². The van der Waals surface area contributed by atoms with E-state index in [0.29, 0.717) is 35.3 Å². The smallest absolute Gasteiger partial charge is 0.416 e. The second-order valence-corrected chi connectivity index (χ2v) is 6.19. The van der Waals surface area contributed by atoms with Crippen molar-refractivity contribution in [3.8, 4) is 11.5 Å². The lowest BCUT2D eigenvalue weighted by Gasteiger charge is -2.10. The molecular formula is C19H15ClF3NO3. The number of halogens is 4. The number of fused-ring (bicyclic) bond motifs is 1. The molecule has 1 aliphatic heterocycles. The van der Waals surface area contributed by atoms with E-state index in [0.717, 1.165) is 18.6 Å². The van der Waals surface area contributed by atoms with Crippen molar-refractivity contribution in [2.24, 2.45) is 0 Å². The number of carbonyl (C=O) groups is 1. The summed E-state index contributed by atoms with van der Waals surface area (Å²) in [5, 5.41) is 2.75. The Morgan fingerprint density at radius 3 is 2.70 bits per heavy atom. The van der Waals surface area contributed by atoms with Crippen LogP contribution < -0.4 is 14.8 Å². The lowest BCUT2D eigenvalue weighted by molar-refractivity contribution is -0.137. The number of hydrogen-bond donors (Lipinski definition) is 1. The topological polar surface area (TPSA) is 47.6 Å². The quantitative estimate of drug-likeness (QED) is 0.727. The van der Waals surface area contributed by atoms with E-state index in [9.17, 15) is 18.0 Å². The van der Waals surface area contributed by atoms with Gasteiger partial charge in [-0.1, -0.05) is 17.7 Å². The molecule has 8 heteroatoms. The summed E-state index contributed by atoms with van der Waals surface area (Å²) in [6.45, 7) is 0.994. The largest absolute Gasteiger partial charge is 0.489 e. The van der Waals surface area contributed by atoms with Gasteiger partial charge in [-0.15, -0.1) is 0 Å². The minimum atomic E-state index is -4.47. The Bertz CT molecular complexity index is 881. The molecule has 1 N–H and O–H groups in total. The molecule has 0 saturated heterocycles. The van der Waals surface area contributed by atoms with Crippen LogP contribution >= 0.6 is 11.6 Å². The fourth-order valence-electron chi connectivity index (χ4n) is 2.48. The third-order valence-corrected chi connectivity index (χ3v) is 3.99. The third-order valence-electron chi connectivity index (χ3n) is 3.71. The lowest BCUT2D eigenvalue weighted by atomic mass is 10.1. The van der Waals surface area contributed by atoms with Crippen LogP contribution in [0.1, 0.15) is 17.5 Å². The van der Waals surface area contributed by atoms with Crippen molar-refractivity contribution in [2.75, 3.05) is 18.5 Å². The summed E-state index contributed by atoms with van der Waals surface area (Å²) < 4.78 is 49.2. The van der Waals surface area contributed by atoms with Crippen LogP contribution in [0.15, 0.2) is 42.5 Å². The molecule has 0 spiro atoms. The number of rotatable bonds is 3. The minimum Gasteiger partial charge on any atom is -0.489 e. The van der Waals surface area contributed by atoms with Crippen molar-refractivity contribution in [1.29, 1.82) is 0 Å². The Kier molecular flexibility index (Phi) is 5.60. The molecule has 2 aromatic rings. The van der Waals surface area contributed by atoms with Crippen molar-refractivity contribution in [2.45, 2.75) is 12.6 Å². The second kappa shape index (κ2) is 7.92. The van der Waals surface area contributed by atoms with Gasteiger partial charge in [0.05, 0.1) is 23.8 Å². The fourth-order valence-corrected chi connectivity index (χ4v) is 2.75. The van der Waals surface area contributed by atoms with Gasteiger partial charge in [0, 0.05) is 18.2 Å². The van der Waals surface area contributed by atoms with E-state index in [1.165, 1.54) is 24.3 Å². The average Bonchev–Trinajstić information content (AvgIpc) is 2.85. The molecule has 142 valence electrons. The molecule has 4 nitrogen and oxygen atoms in total. The van der Waals surface area contributed by atoms with Crippen LogP contribution in [-0.4, -0.2) is 19.1 Å². The summed E-state index contributed by atoms with van der Waals surface area (Å²) in [6, 6.07) is 7.71. The molecule has 0 saturated carbocycles. The molecule has 27 heavy (non-hydrogen) atoms. The monoisotopic (exact) mass is 397 g/mol. The van der Waals surface area contributed by atoms with Crippen LogP contribution in [0.3, 0.4) is 0 Å². The molecule has 0 fully saturated rings. The highest BCUT2D eigenvalue weighted by molar-refractivity contribution is 6.32. The zero-order chi connectivity index (χ0) is 19.4. The van der Waals surface area contributed by atoms with Gasteiger partial charge in [0.1, 0.15) is 0 Å².